The standard InChI is InChI=1S/C18H23F2N3O4/c1-17(2,3)15-21-14(23-27-15)18(4,5)22-13(24)10-8-7-9-11(25-6)12(10)26-16(19)20/h7-9,16H,1-6H3,(H,22,24). The van der Waals surface area contributed by atoms with E-state index in [1.54, 1.807) is 13.8 Å². The normalized spacial score (nSPS) is 12.2. The van der Waals surface area contributed by atoms with Gasteiger partial charge in [0.15, 0.2) is 17.3 Å². The summed E-state index contributed by atoms with van der Waals surface area (Å²) in [4.78, 5) is 17.1. The lowest BCUT2D eigenvalue weighted by Crippen LogP contribution is -2.42. The monoisotopic (exact) mass is 383 g/mol. The number of nitrogens with one attached hydrogen (secondary N) is 1. The van der Waals surface area contributed by atoms with Crippen LogP contribution < -0.4 is 14.8 Å². The molecule has 0 aliphatic carbocycles. The molecule has 0 aliphatic heterocycles. The first-order valence-electron chi connectivity index (χ1n) is 8.24. The van der Waals surface area contributed by atoms with Gasteiger partial charge in [0.25, 0.3) is 5.91 Å². The summed E-state index contributed by atoms with van der Waals surface area (Å²) < 4.78 is 40.3. The molecule has 0 saturated heterocycles. The zero-order valence-electron chi connectivity index (χ0n) is 16.1. The van der Waals surface area contributed by atoms with E-state index in [-0.39, 0.29) is 28.3 Å². The molecule has 0 spiro atoms. The number of hydrogen-bond donors (Lipinski definition) is 1. The lowest BCUT2D eigenvalue weighted by atomic mass is 9.96. The van der Waals surface area contributed by atoms with Crippen LogP contribution in [0.25, 0.3) is 0 Å². The van der Waals surface area contributed by atoms with E-state index in [2.05, 4.69) is 20.2 Å². The number of hydrogen-bond acceptors (Lipinski definition) is 6. The van der Waals surface area contributed by atoms with Crippen molar-refractivity contribution in [1.82, 2.24) is 15.5 Å². The fourth-order valence-corrected chi connectivity index (χ4v) is 2.26. The van der Waals surface area contributed by atoms with Crippen molar-refractivity contribution >= 4 is 5.91 Å². The van der Waals surface area contributed by atoms with Gasteiger partial charge in [0.2, 0.25) is 5.89 Å². The van der Waals surface area contributed by atoms with E-state index in [4.69, 9.17) is 9.26 Å². The van der Waals surface area contributed by atoms with Gasteiger partial charge in [-0.25, -0.2) is 0 Å². The maximum Gasteiger partial charge on any atom is 0.387 e. The molecule has 0 unspecified atom stereocenters. The Balaban J connectivity index is 2.32. The van der Waals surface area contributed by atoms with Crippen molar-refractivity contribution in [1.29, 1.82) is 0 Å². The molecule has 0 saturated carbocycles. The summed E-state index contributed by atoms with van der Waals surface area (Å²) in [5, 5.41) is 6.64. The van der Waals surface area contributed by atoms with Crippen LogP contribution in [0.2, 0.25) is 0 Å². The van der Waals surface area contributed by atoms with E-state index in [1.165, 1.54) is 25.3 Å². The number of aromatic nitrogens is 2. The van der Waals surface area contributed by atoms with Gasteiger partial charge in [-0.3, -0.25) is 4.79 Å². The Labute approximate surface area is 156 Å². The zero-order valence-corrected chi connectivity index (χ0v) is 16.1. The van der Waals surface area contributed by atoms with Crippen molar-refractivity contribution in [2.45, 2.75) is 52.2 Å². The summed E-state index contributed by atoms with van der Waals surface area (Å²) in [6, 6.07) is 4.29. The van der Waals surface area contributed by atoms with E-state index >= 15 is 0 Å². The number of methoxy groups -OCH3 is 1. The number of carbonyl (C=O) groups is 1. The van der Waals surface area contributed by atoms with E-state index in [0.29, 0.717) is 5.89 Å². The summed E-state index contributed by atoms with van der Waals surface area (Å²) in [7, 11) is 1.30. The Bertz CT molecular complexity index is 813. The highest BCUT2D eigenvalue weighted by Crippen LogP contribution is 2.33. The van der Waals surface area contributed by atoms with Crippen LogP contribution in [-0.2, 0) is 11.0 Å². The highest BCUT2D eigenvalue weighted by atomic mass is 19.3. The molecule has 27 heavy (non-hydrogen) atoms. The van der Waals surface area contributed by atoms with Gasteiger partial charge >= 0.3 is 6.61 Å². The highest BCUT2D eigenvalue weighted by molar-refractivity contribution is 5.98. The van der Waals surface area contributed by atoms with Crippen LogP contribution in [0.4, 0.5) is 8.78 Å². The first-order chi connectivity index (χ1) is 12.5. The van der Waals surface area contributed by atoms with Crippen molar-refractivity contribution < 1.29 is 27.6 Å². The summed E-state index contributed by atoms with van der Waals surface area (Å²) in [5.74, 6) is -0.276. The molecule has 0 aliphatic rings. The minimum absolute atomic E-state index is 0.0235. The molecule has 2 aromatic rings. The summed E-state index contributed by atoms with van der Waals surface area (Å²) in [6.45, 7) is 6.00. The number of nitrogens with zero attached hydrogens (tertiary/aromatic N) is 2. The maximum absolute atomic E-state index is 12.8. The zero-order chi connectivity index (χ0) is 20.4. The number of benzene rings is 1. The topological polar surface area (TPSA) is 86.5 Å². The molecule has 0 atom stereocenters. The summed E-state index contributed by atoms with van der Waals surface area (Å²) in [6.07, 6.45) is 0. The third kappa shape index (κ3) is 4.72. The Kier molecular flexibility index (Phi) is 5.72. The first kappa shape index (κ1) is 20.6. The molecule has 148 valence electrons. The van der Waals surface area contributed by atoms with Crippen LogP contribution in [0.15, 0.2) is 22.7 Å². The third-order valence-corrected chi connectivity index (χ3v) is 3.70. The quantitative estimate of drug-likeness (QED) is 0.820. The van der Waals surface area contributed by atoms with Crippen LogP contribution in [-0.4, -0.2) is 29.8 Å². The number of rotatable bonds is 6. The fraction of sp³-hybridized carbons (Fsp3) is 0.500. The lowest BCUT2D eigenvalue weighted by Gasteiger charge is -2.23. The molecule has 1 N–H and O–H groups in total. The Morgan fingerprint density at radius 1 is 1.22 bits per heavy atom. The third-order valence-electron chi connectivity index (χ3n) is 3.70. The lowest BCUT2D eigenvalue weighted by molar-refractivity contribution is -0.0515. The Morgan fingerprint density at radius 3 is 2.41 bits per heavy atom. The van der Waals surface area contributed by atoms with Gasteiger partial charge < -0.3 is 19.3 Å². The van der Waals surface area contributed by atoms with Crippen LogP contribution in [0.3, 0.4) is 0 Å². The van der Waals surface area contributed by atoms with Crippen molar-refractivity contribution in [3.8, 4) is 11.5 Å². The molecule has 1 amide bonds. The Hall–Kier alpha value is -2.71. The summed E-state index contributed by atoms with van der Waals surface area (Å²) >= 11 is 0. The molecule has 0 radical (unpaired) electrons. The average Bonchev–Trinajstić information content (AvgIpc) is 3.05. The number of ether oxygens (including phenoxy) is 2. The van der Waals surface area contributed by atoms with Gasteiger partial charge in [-0.1, -0.05) is 32.0 Å². The molecule has 2 rings (SSSR count). The smallest absolute Gasteiger partial charge is 0.387 e. The van der Waals surface area contributed by atoms with Crippen molar-refractivity contribution in [3.63, 3.8) is 0 Å². The van der Waals surface area contributed by atoms with Crippen molar-refractivity contribution in [3.05, 3.63) is 35.5 Å². The molecule has 1 aromatic heterocycles. The minimum Gasteiger partial charge on any atom is -0.493 e. The number of carbonyl (C=O) groups excluding carboxylic acids is 1. The van der Waals surface area contributed by atoms with Crippen molar-refractivity contribution in [2.24, 2.45) is 0 Å². The predicted octanol–water partition coefficient (Wildman–Crippen LogP) is 3.64. The predicted molar refractivity (Wildman–Crippen MR) is 93.1 cm³/mol. The molecular weight excluding hydrogens is 360 g/mol. The second-order valence-electron chi connectivity index (χ2n) is 7.47. The van der Waals surface area contributed by atoms with Gasteiger partial charge in [0.05, 0.1) is 18.2 Å². The van der Waals surface area contributed by atoms with Gasteiger partial charge in [-0.2, -0.15) is 13.8 Å². The minimum atomic E-state index is -3.10. The molecule has 1 heterocycles. The van der Waals surface area contributed by atoms with Crippen LogP contribution in [0.5, 0.6) is 11.5 Å². The van der Waals surface area contributed by atoms with Crippen LogP contribution in [0.1, 0.15) is 56.7 Å². The maximum atomic E-state index is 12.8. The van der Waals surface area contributed by atoms with Crippen LogP contribution in [0, 0.1) is 0 Å². The second kappa shape index (κ2) is 7.50. The second-order valence-corrected chi connectivity index (χ2v) is 7.47. The number of para-hydroxylation sites is 1. The SMILES string of the molecule is COc1cccc(C(=O)NC(C)(C)c2noc(C(C)(C)C)n2)c1OC(F)F. The molecule has 0 bridgehead atoms. The largest absolute Gasteiger partial charge is 0.493 e. The van der Waals surface area contributed by atoms with E-state index in [0.717, 1.165) is 0 Å². The molecular formula is C18H23F2N3O4. The number of amides is 1. The average molecular weight is 383 g/mol. The molecule has 7 nitrogen and oxygen atoms in total. The molecule has 0 fully saturated rings. The highest BCUT2D eigenvalue weighted by Gasteiger charge is 2.33. The van der Waals surface area contributed by atoms with E-state index in [9.17, 15) is 13.6 Å². The molecule has 1 aromatic carbocycles. The Morgan fingerprint density at radius 2 is 1.89 bits per heavy atom. The molecule has 9 heteroatoms. The number of alkyl halides is 2. The van der Waals surface area contributed by atoms with E-state index in [1.807, 2.05) is 20.8 Å². The van der Waals surface area contributed by atoms with Gasteiger partial charge in [-0.15, -0.1) is 0 Å². The number of halogens is 2. The van der Waals surface area contributed by atoms with Gasteiger partial charge in [0.1, 0.15) is 0 Å². The summed E-state index contributed by atoms with van der Waals surface area (Å²) in [5.41, 5.74) is -1.46. The van der Waals surface area contributed by atoms with Gasteiger partial charge in [0, 0.05) is 5.41 Å². The van der Waals surface area contributed by atoms with Crippen LogP contribution >= 0.6 is 0 Å². The van der Waals surface area contributed by atoms with Gasteiger partial charge in [-0.05, 0) is 26.0 Å². The van der Waals surface area contributed by atoms with Crippen molar-refractivity contribution in [2.75, 3.05) is 7.11 Å². The van der Waals surface area contributed by atoms with E-state index < -0.39 is 18.1 Å². The first-order valence-corrected chi connectivity index (χ1v) is 8.24. The fourth-order valence-electron chi connectivity index (χ4n) is 2.26.